The molecular formula is C12H10N2O3. The standard InChI is InChI=1S/C12H10N2O3/c15-8-11-6-10(4-5-13-11)9-2-1-3-12(7-9)14(16)17/h1-7,15H,8H2. The number of rotatable bonds is 3. The minimum absolute atomic E-state index is 0.0462. The topological polar surface area (TPSA) is 76.3 Å². The van der Waals surface area contributed by atoms with Crippen molar-refractivity contribution in [2.45, 2.75) is 6.61 Å². The summed E-state index contributed by atoms with van der Waals surface area (Å²) in [5.41, 5.74) is 2.11. The van der Waals surface area contributed by atoms with Crippen LogP contribution < -0.4 is 0 Å². The van der Waals surface area contributed by atoms with Crippen LogP contribution in [0.15, 0.2) is 42.6 Å². The van der Waals surface area contributed by atoms with Crippen LogP contribution in [0.5, 0.6) is 0 Å². The van der Waals surface area contributed by atoms with Gasteiger partial charge in [0.1, 0.15) is 0 Å². The Balaban J connectivity index is 2.45. The summed E-state index contributed by atoms with van der Waals surface area (Å²) in [6.07, 6.45) is 1.57. The third kappa shape index (κ3) is 2.46. The van der Waals surface area contributed by atoms with Crippen LogP contribution >= 0.6 is 0 Å². The van der Waals surface area contributed by atoms with Gasteiger partial charge < -0.3 is 5.11 Å². The van der Waals surface area contributed by atoms with Crippen LogP contribution in [0.3, 0.4) is 0 Å². The first-order chi connectivity index (χ1) is 8.20. The molecule has 0 aliphatic rings. The number of hydrogen-bond donors (Lipinski definition) is 1. The predicted octanol–water partition coefficient (Wildman–Crippen LogP) is 2.15. The van der Waals surface area contributed by atoms with Gasteiger partial charge in [-0.3, -0.25) is 15.1 Å². The fourth-order valence-electron chi connectivity index (χ4n) is 1.54. The number of hydrogen-bond acceptors (Lipinski definition) is 4. The quantitative estimate of drug-likeness (QED) is 0.647. The summed E-state index contributed by atoms with van der Waals surface area (Å²) in [6, 6.07) is 9.81. The highest BCUT2D eigenvalue weighted by Gasteiger charge is 2.07. The fourth-order valence-corrected chi connectivity index (χ4v) is 1.54. The lowest BCUT2D eigenvalue weighted by molar-refractivity contribution is -0.384. The van der Waals surface area contributed by atoms with Crippen molar-refractivity contribution < 1.29 is 10.0 Å². The molecule has 17 heavy (non-hydrogen) atoms. The molecule has 0 bridgehead atoms. The molecule has 1 aromatic carbocycles. The van der Waals surface area contributed by atoms with Crippen molar-refractivity contribution in [1.82, 2.24) is 4.98 Å². The average Bonchev–Trinajstić information content (AvgIpc) is 2.39. The monoisotopic (exact) mass is 230 g/mol. The van der Waals surface area contributed by atoms with Crippen molar-refractivity contribution in [1.29, 1.82) is 0 Å². The van der Waals surface area contributed by atoms with Crippen LogP contribution in [0.4, 0.5) is 5.69 Å². The lowest BCUT2D eigenvalue weighted by atomic mass is 10.1. The van der Waals surface area contributed by atoms with Crippen molar-refractivity contribution >= 4 is 5.69 Å². The summed E-state index contributed by atoms with van der Waals surface area (Å²) < 4.78 is 0. The molecule has 2 rings (SSSR count). The third-order valence-corrected chi connectivity index (χ3v) is 2.37. The molecule has 86 valence electrons. The molecule has 0 spiro atoms. The molecule has 0 radical (unpaired) electrons. The number of nitro benzene ring substituents is 1. The average molecular weight is 230 g/mol. The number of aromatic nitrogens is 1. The van der Waals surface area contributed by atoms with E-state index in [9.17, 15) is 10.1 Å². The maximum atomic E-state index is 10.7. The van der Waals surface area contributed by atoms with E-state index in [1.165, 1.54) is 12.1 Å². The van der Waals surface area contributed by atoms with E-state index in [0.29, 0.717) is 5.69 Å². The van der Waals surface area contributed by atoms with Crippen molar-refractivity contribution in [3.05, 3.63) is 58.4 Å². The molecule has 1 aromatic heterocycles. The largest absolute Gasteiger partial charge is 0.390 e. The summed E-state index contributed by atoms with van der Waals surface area (Å²) in [5.74, 6) is 0. The number of nitro groups is 1. The van der Waals surface area contributed by atoms with Crippen LogP contribution in [0, 0.1) is 10.1 Å². The Morgan fingerprint density at radius 3 is 2.71 bits per heavy atom. The van der Waals surface area contributed by atoms with Crippen LogP contribution in [0.1, 0.15) is 5.69 Å². The van der Waals surface area contributed by atoms with Crippen LogP contribution in [-0.4, -0.2) is 15.0 Å². The van der Waals surface area contributed by atoms with Gasteiger partial charge in [0.15, 0.2) is 0 Å². The molecule has 0 aliphatic heterocycles. The predicted molar refractivity (Wildman–Crippen MR) is 62.3 cm³/mol. The number of pyridine rings is 1. The minimum Gasteiger partial charge on any atom is -0.390 e. The number of nitrogens with zero attached hydrogens (tertiary/aromatic N) is 2. The van der Waals surface area contributed by atoms with E-state index in [4.69, 9.17) is 5.11 Å². The third-order valence-electron chi connectivity index (χ3n) is 2.37. The molecular weight excluding hydrogens is 220 g/mol. The van der Waals surface area contributed by atoms with Gasteiger partial charge in [-0.05, 0) is 23.3 Å². The van der Waals surface area contributed by atoms with E-state index < -0.39 is 4.92 Å². The molecule has 0 fully saturated rings. The Hall–Kier alpha value is -2.27. The molecule has 0 saturated carbocycles. The first kappa shape index (κ1) is 11.2. The minimum atomic E-state index is -0.433. The number of non-ortho nitro benzene ring substituents is 1. The van der Waals surface area contributed by atoms with Crippen molar-refractivity contribution in [3.63, 3.8) is 0 Å². The maximum absolute atomic E-state index is 10.7. The molecule has 0 saturated heterocycles. The number of benzene rings is 1. The zero-order valence-corrected chi connectivity index (χ0v) is 8.91. The Morgan fingerprint density at radius 1 is 1.24 bits per heavy atom. The molecule has 1 N–H and O–H groups in total. The molecule has 1 heterocycles. The van der Waals surface area contributed by atoms with E-state index in [2.05, 4.69) is 4.98 Å². The van der Waals surface area contributed by atoms with Gasteiger partial charge in [-0.15, -0.1) is 0 Å². The zero-order valence-electron chi connectivity index (χ0n) is 8.91. The highest BCUT2D eigenvalue weighted by Crippen LogP contribution is 2.23. The fraction of sp³-hybridized carbons (Fsp3) is 0.0833. The highest BCUT2D eigenvalue weighted by atomic mass is 16.6. The highest BCUT2D eigenvalue weighted by molar-refractivity contribution is 5.66. The van der Waals surface area contributed by atoms with E-state index in [-0.39, 0.29) is 12.3 Å². The lowest BCUT2D eigenvalue weighted by Gasteiger charge is -2.03. The van der Waals surface area contributed by atoms with E-state index >= 15 is 0 Å². The Bertz CT molecular complexity index is 555. The van der Waals surface area contributed by atoms with Crippen LogP contribution in [-0.2, 0) is 6.61 Å². The molecule has 0 unspecified atom stereocenters. The van der Waals surface area contributed by atoms with Gasteiger partial charge >= 0.3 is 0 Å². The first-order valence-corrected chi connectivity index (χ1v) is 5.01. The molecule has 0 aliphatic carbocycles. The second-order valence-corrected chi connectivity index (χ2v) is 3.50. The Kier molecular flexibility index (Phi) is 3.11. The second-order valence-electron chi connectivity index (χ2n) is 3.50. The Morgan fingerprint density at radius 2 is 2.00 bits per heavy atom. The number of aliphatic hydroxyl groups is 1. The van der Waals surface area contributed by atoms with Gasteiger partial charge in [0.05, 0.1) is 17.2 Å². The molecule has 5 heteroatoms. The van der Waals surface area contributed by atoms with Crippen molar-refractivity contribution in [2.24, 2.45) is 0 Å². The summed E-state index contributed by atoms with van der Waals surface area (Å²) >= 11 is 0. The van der Waals surface area contributed by atoms with Crippen molar-refractivity contribution in [2.75, 3.05) is 0 Å². The molecule has 0 atom stereocenters. The SMILES string of the molecule is O=[N+]([O-])c1cccc(-c2ccnc(CO)c2)c1. The van der Waals surface area contributed by atoms with E-state index in [0.717, 1.165) is 11.1 Å². The van der Waals surface area contributed by atoms with Gasteiger partial charge in [0.25, 0.3) is 5.69 Å². The van der Waals surface area contributed by atoms with Gasteiger partial charge in [-0.2, -0.15) is 0 Å². The van der Waals surface area contributed by atoms with Crippen molar-refractivity contribution in [3.8, 4) is 11.1 Å². The molecule has 0 amide bonds. The van der Waals surface area contributed by atoms with Gasteiger partial charge in [-0.1, -0.05) is 12.1 Å². The lowest BCUT2D eigenvalue weighted by Crippen LogP contribution is -1.91. The van der Waals surface area contributed by atoms with Crippen LogP contribution in [0.2, 0.25) is 0 Å². The maximum Gasteiger partial charge on any atom is 0.270 e. The summed E-state index contributed by atoms with van der Waals surface area (Å²) in [5, 5.41) is 19.6. The zero-order chi connectivity index (χ0) is 12.3. The number of aliphatic hydroxyl groups excluding tert-OH is 1. The smallest absolute Gasteiger partial charge is 0.270 e. The van der Waals surface area contributed by atoms with E-state index in [1.807, 2.05) is 0 Å². The first-order valence-electron chi connectivity index (χ1n) is 5.01. The van der Waals surface area contributed by atoms with Gasteiger partial charge in [0, 0.05) is 18.3 Å². The van der Waals surface area contributed by atoms with Gasteiger partial charge in [0.2, 0.25) is 0 Å². The molecule has 2 aromatic rings. The summed E-state index contributed by atoms with van der Waals surface area (Å²) in [7, 11) is 0. The summed E-state index contributed by atoms with van der Waals surface area (Å²) in [6.45, 7) is -0.150. The van der Waals surface area contributed by atoms with Crippen LogP contribution in [0.25, 0.3) is 11.1 Å². The normalized spacial score (nSPS) is 10.2. The second kappa shape index (κ2) is 4.71. The van der Waals surface area contributed by atoms with E-state index in [1.54, 1.807) is 30.5 Å². The van der Waals surface area contributed by atoms with Gasteiger partial charge in [-0.25, -0.2) is 0 Å². The molecule has 5 nitrogen and oxygen atoms in total. The Labute approximate surface area is 97.5 Å². The summed E-state index contributed by atoms with van der Waals surface area (Å²) in [4.78, 5) is 14.2.